The monoisotopic (exact) mass is 226 g/mol. The van der Waals surface area contributed by atoms with Crippen LogP contribution in [0.2, 0.25) is 0 Å². The zero-order chi connectivity index (χ0) is 11.6. The molecule has 84 valence electrons. The van der Waals surface area contributed by atoms with Crippen molar-refractivity contribution >= 4 is 17.1 Å². The van der Waals surface area contributed by atoms with Gasteiger partial charge in [0.1, 0.15) is 5.01 Å². The molecule has 0 spiro atoms. The summed E-state index contributed by atoms with van der Waals surface area (Å²) in [4.78, 5) is 17.2. The van der Waals surface area contributed by atoms with Crippen LogP contribution in [-0.4, -0.2) is 16.8 Å². The Morgan fingerprint density at radius 2 is 2.07 bits per heavy atom. The second-order valence-electron chi connectivity index (χ2n) is 4.16. The maximum atomic E-state index is 11.7. The molecule has 1 aromatic heterocycles. The number of nitrogens with zero attached hydrogens (tertiary/aromatic N) is 1. The first-order valence-corrected chi connectivity index (χ1v) is 5.94. The van der Waals surface area contributed by atoms with Gasteiger partial charge in [-0.2, -0.15) is 0 Å². The molecule has 3 nitrogen and oxygen atoms in total. The van der Waals surface area contributed by atoms with Gasteiger partial charge in [0.15, 0.2) is 5.78 Å². The van der Waals surface area contributed by atoms with Crippen LogP contribution in [0.5, 0.6) is 0 Å². The van der Waals surface area contributed by atoms with Gasteiger partial charge in [-0.15, -0.1) is 11.3 Å². The van der Waals surface area contributed by atoms with Gasteiger partial charge in [0, 0.05) is 4.88 Å². The van der Waals surface area contributed by atoms with Crippen molar-refractivity contribution in [3.05, 3.63) is 15.6 Å². The predicted octanol–water partition coefficient (Wildman–Crippen LogP) is 1.85. The van der Waals surface area contributed by atoms with Crippen LogP contribution in [0.25, 0.3) is 0 Å². The van der Waals surface area contributed by atoms with E-state index in [2.05, 4.69) is 4.98 Å². The second-order valence-corrected chi connectivity index (χ2v) is 5.45. The maximum Gasteiger partial charge on any atom is 0.156 e. The van der Waals surface area contributed by atoms with E-state index in [1.165, 1.54) is 4.88 Å². The van der Waals surface area contributed by atoms with Gasteiger partial charge in [0.05, 0.1) is 18.2 Å². The molecule has 0 saturated carbocycles. The highest BCUT2D eigenvalue weighted by molar-refractivity contribution is 7.11. The lowest BCUT2D eigenvalue weighted by Gasteiger charge is -2.12. The first kappa shape index (κ1) is 12.3. The largest absolute Gasteiger partial charge is 0.321 e. The zero-order valence-electron chi connectivity index (χ0n) is 9.70. The van der Waals surface area contributed by atoms with Gasteiger partial charge in [-0.25, -0.2) is 4.98 Å². The Hall–Kier alpha value is -0.740. The normalized spacial score (nSPS) is 13.2. The highest BCUT2D eigenvalue weighted by atomic mass is 32.1. The molecular formula is C11H18N2OS. The van der Waals surface area contributed by atoms with Crippen LogP contribution in [0.1, 0.15) is 29.4 Å². The molecular weight excluding hydrogens is 208 g/mol. The number of aryl methyl sites for hydroxylation is 2. The fourth-order valence-electron chi connectivity index (χ4n) is 1.25. The average molecular weight is 226 g/mol. The summed E-state index contributed by atoms with van der Waals surface area (Å²) in [6.45, 7) is 7.90. The van der Waals surface area contributed by atoms with Crippen molar-refractivity contribution in [2.24, 2.45) is 11.7 Å². The van der Waals surface area contributed by atoms with Crippen molar-refractivity contribution < 1.29 is 4.79 Å². The Balaban J connectivity index is 2.66. The summed E-state index contributed by atoms with van der Waals surface area (Å²) in [6.07, 6.45) is 0.374. The van der Waals surface area contributed by atoms with Gasteiger partial charge in [0.2, 0.25) is 0 Å². The van der Waals surface area contributed by atoms with E-state index < -0.39 is 0 Å². The number of carbonyl (C=O) groups excluding carboxylic acids is 1. The van der Waals surface area contributed by atoms with Crippen molar-refractivity contribution in [3.8, 4) is 0 Å². The van der Waals surface area contributed by atoms with Crippen molar-refractivity contribution in [3.63, 3.8) is 0 Å². The third-order valence-electron chi connectivity index (χ3n) is 2.49. The fraction of sp³-hybridized carbons (Fsp3) is 0.636. The summed E-state index contributed by atoms with van der Waals surface area (Å²) in [5, 5.41) is 0.881. The molecule has 4 heteroatoms. The van der Waals surface area contributed by atoms with Crippen molar-refractivity contribution in [1.82, 2.24) is 4.98 Å². The predicted molar refractivity (Wildman–Crippen MR) is 63.1 cm³/mol. The molecule has 0 aromatic carbocycles. The smallest absolute Gasteiger partial charge is 0.156 e. The lowest BCUT2D eigenvalue weighted by atomic mass is 9.99. The average Bonchev–Trinajstić information content (AvgIpc) is 2.44. The summed E-state index contributed by atoms with van der Waals surface area (Å²) in [5.74, 6) is 0.276. The van der Waals surface area contributed by atoms with Crippen LogP contribution in [0.3, 0.4) is 0 Å². The van der Waals surface area contributed by atoms with Crippen molar-refractivity contribution in [2.75, 3.05) is 0 Å². The van der Waals surface area contributed by atoms with Gasteiger partial charge in [0.25, 0.3) is 0 Å². The van der Waals surface area contributed by atoms with Crippen LogP contribution in [-0.2, 0) is 11.2 Å². The van der Waals surface area contributed by atoms with E-state index in [1.54, 1.807) is 11.3 Å². The number of rotatable bonds is 4. The van der Waals surface area contributed by atoms with E-state index >= 15 is 0 Å². The lowest BCUT2D eigenvalue weighted by Crippen LogP contribution is -2.36. The number of aromatic nitrogens is 1. The lowest BCUT2D eigenvalue weighted by molar-refractivity contribution is -0.120. The molecule has 1 rings (SSSR count). The van der Waals surface area contributed by atoms with Crippen LogP contribution < -0.4 is 5.73 Å². The third-order valence-corrected chi connectivity index (χ3v) is 3.56. The third kappa shape index (κ3) is 3.11. The van der Waals surface area contributed by atoms with E-state index in [0.717, 1.165) is 10.7 Å². The van der Waals surface area contributed by atoms with Gasteiger partial charge < -0.3 is 5.73 Å². The Morgan fingerprint density at radius 1 is 1.47 bits per heavy atom. The minimum atomic E-state index is -0.366. The topological polar surface area (TPSA) is 56.0 Å². The number of nitrogens with two attached hydrogens (primary N) is 1. The van der Waals surface area contributed by atoms with Crippen molar-refractivity contribution in [1.29, 1.82) is 0 Å². The molecule has 0 radical (unpaired) electrons. The number of hydrogen-bond donors (Lipinski definition) is 1. The van der Waals surface area contributed by atoms with E-state index in [9.17, 15) is 4.79 Å². The molecule has 0 amide bonds. The Bertz CT molecular complexity index is 338. The molecule has 15 heavy (non-hydrogen) atoms. The molecule has 0 bridgehead atoms. The Labute approximate surface area is 94.7 Å². The SMILES string of the molecule is Cc1nc(CC(=O)C(N)C(C)C)sc1C. The van der Waals surface area contributed by atoms with Crippen LogP contribution in [0.15, 0.2) is 0 Å². The standard InChI is InChI=1S/C11H18N2OS/c1-6(2)11(12)9(14)5-10-13-7(3)8(4)15-10/h6,11H,5,12H2,1-4H3. The van der Waals surface area contributed by atoms with Gasteiger partial charge in [-0.3, -0.25) is 4.79 Å². The molecule has 1 aromatic rings. The summed E-state index contributed by atoms with van der Waals surface area (Å²) >= 11 is 1.58. The highest BCUT2D eigenvalue weighted by Gasteiger charge is 2.19. The molecule has 1 unspecified atom stereocenters. The van der Waals surface area contributed by atoms with Crippen LogP contribution >= 0.6 is 11.3 Å². The van der Waals surface area contributed by atoms with Crippen LogP contribution in [0.4, 0.5) is 0 Å². The fourth-order valence-corrected chi connectivity index (χ4v) is 2.20. The molecule has 0 fully saturated rings. The first-order chi connectivity index (χ1) is 6.91. The second kappa shape index (κ2) is 4.86. The summed E-state index contributed by atoms with van der Waals surface area (Å²) in [6, 6.07) is -0.366. The zero-order valence-corrected chi connectivity index (χ0v) is 10.5. The Kier molecular flexibility index (Phi) is 3.99. The number of Topliss-reactive ketones (excluding diaryl/α,β-unsaturated/α-hetero) is 1. The molecule has 0 aliphatic rings. The summed E-state index contributed by atoms with van der Waals surface area (Å²) in [7, 11) is 0. The van der Waals surface area contributed by atoms with Gasteiger partial charge >= 0.3 is 0 Å². The van der Waals surface area contributed by atoms with E-state index in [1.807, 2.05) is 27.7 Å². The van der Waals surface area contributed by atoms with E-state index in [0.29, 0.717) is 6.42 Å². The molecule has 0 aliphatic carbocycles. The minimum Gasteiger partial charge on any atom is -0.321 e. The van der Waals surface area contributed by atoms with Gasteiger partial charge in [-0.05, 0) is 19.8 Å². The molecule has 2 N–H and O–H groups in total. The quantitative estimate of drug-likeness (QED) is 0.852. The first-order valence-electron chi connectivity index (χ1n) is 5.13. The van der Waals surface area contributed by atoms with Gasteiger partial charge in [-0.1, -0.05) is 13.8 Å². The van der Waals surface area contributed by atoms with Crippen molar-refractivity contribution in [2.45, 2.75) is 40.2 Å². The molecule has 1 atom stereocenters. The molecule has 0 aliphatic heterocycles. The van der Waals surface area contributed by atoms with Crippen LogP contribution in [0, 0.1) is 19.8 Å². The maximum absolute atomic E-state index is 11.7. The number of thiazole rings is 1. The minimum absolute atomic E-state index is 0.0822. The molecule has 0 saturated heterocycles. The Morgan fingerprint density at radius 3 is 2.47 bits per heavy atom. The van der Waals surface area contributed by atoms with E-state index in [-0.39, 0.29) is 17.7 Å². The number of carbonyl (C=O) groups is 1. The number of ketones is 1. The molecule has 1 heterocycles. The highest BCUT2D eigenvalue weighted by Crippen LogP contribution is 2.17. The number of hydrogen-bond acceptors (Lipinski definition) is 4. The summed E-state index contributed by atoms with van der Waals surface area (Å²) < 4.78 is 0. The van der Waals surface area contributed by atoms with E-state index in [4.69, 9.17) is 5.73 Å². The summed E-state index contributed by atoms with van der Waals surface area (Å²) in [5.41, 5.74) is 6.79.